The predicted molar refractivity (Wildman–Crippen MR) is 99.3 cm³/mol. The number of nitrogens with one attached hydrogen (secondary N) is 1. The Labute approximate surface area is 160 Å². The Bertz CT molecular complexity index is 1020. The first kappa shape index (κ1) is 19.0. The van der Waals surface area contributed by atoms with Crippen LogP contribution in [0.4, 0.5) is 5.69 Å². The molecule has 3 aromatic rings. The molecular formula is C18H18N6O4. The number of aromatic nitrogens is 4. The average molecular weight is 382 g/mol. The number of ether oxygens (including phenoxy) is 1. The summed E-state index contributed by atoms with van der Waals surface area (Å²) in [4.78, 5) is 27.1. The number of carbonyl (C=O) groups is 1. The van der Waals surface area contributed by atoms with Crippen molar-refractivity contribution in [1.82, 2.24) is 25.3 Å². The van der Waals surface area contributed by atoms with E-state index in [0.29, 0.717) is 23.9 Å². The molecule has 0 bridgehead atoms. The van der Waals surface area contributed by atoms with E-state index < -0.39 is 10.8 Å². The summed E-state index contributed by atoms with van der Waals surface area (Å²) in [6.45, 7) is 4.20. The lowest BCUT2D eigenvalue weighted by atomic mass is 10.2. The van der Waals surface area contributed by atoms with E-state index in [4.69, 9.17) is 4.74 Å². The summed E-state index contributed by atoms with van der Waals surface area (Å²) in [7, 11) is 0. The molecule has 0 atom stereocenters. The van der Waals surface area contributed by atoms with Crippen LogP contribution in [-0.2, 0) is 6.54 Å². The Morgan fingerprint density at radius 3 is 2.89 bits per heavy atom. The second-order valence-corrected chi connectivity index (χ2v) is 5.80. The van der Waals surface area contributed by atoms with Crippen LogP contribution >= 0.6 is 0 Å². The number of hydrogen-bond donors (Lipinski definition) is 1. The summed E-state index contributed by atoms with van der Waals surface area (Å²) in [5, 5.41) is 21.6. The van der Waals surface area contributed by atoms with Crippen molar-refractivity contribution >= 4 is 11.6 Å². The predicted octanol–water partition coefficient (Wildman–Crippen LogP) is 2.21. The summed E-state index contributed by atoms with van der Waals surface area (Å²) in [5.74, 6) is 0.0442. The van der Waals surface area contributed by atoms with Crippen molar-refractivity contribution in [2.75, 3.05) is 6.61 Å². The van der Waals surface area contributed by atoms with E-state index in [2.05, 4.69) is 20.6 Å². The van der Waals surface area contributed by atoms with Crippen molar-refractivity contribution in [2.45, 2.75) is 20.4 Å². The first-order chi connectivity index (χ1) is 13.5. The SMILES string of the molecule is CCOc1ncccc1CNC(=O)c1nnn(-c2cccc([N+](=O)[O-])c2)c1C. The summed E-state index contributed by atoms with van der Waals surface area (Å²) in [6.07, 6.45) is 1.62. The number of pyridine rings is 1. The molecule has 0 saturated heterocycles. The second-order valence-electron chi connectivity index (χ2n) is 5.80. The number of carbonyl (C=O) groups excluding carboxylic acids is 1. The fourth-order valence-electron chi connectivity index (χ4n) is 2.61. The molecule has 10 heteroatoms. The molecule has 0 fully saturated rings. The summed E-state index contributed by atoms with van der Waals surface area (Å²) < 4.78 is 6.83. The maximum Gasteiger partial charge on any atom is 0.274 e. The number of nitrogens with zero attached hydrogens (tertiary/aromatic N) is 5. The summed E-state index contributed by atoms with van der Waals surface area (Å²) in [5.41, 5.74) is 1.71. The molecule has 2 heterocycles. The van der Waals surface area contributed by atoms with Crippen LogP contribution in [0.3, 0.4) is 0 Å². The quantitative estimate of drug-likeness (QED) is 0.490. The average Bonchev–Trinajstić information content (AvgIpc) is 3.09. The smallest absolute Gasteiger partial charge is 0.274 e. The van der Waals surface area contributed by atoms with Gasteiger partial charge in [0.2, 0.25) is 5.88 Å². The second kappa shape index (κ2) is 8.25. The van der Waals surface area contributed by atoms with Gasteiger partial charge in [-0.05, 0) is 26.0 Å². The van der Waals surface area contributed by atoms with Crippen LogP contribution in [0.1, 0.15) is 28.7 Å². The highest BCUT2D eigenvalue weighted by molar-refractivity contribution is 5.93. The topological polar surface area (TPSA) is 125 Å². The van der Waals surface area contributed by atoms with Gasteiger partial charge in [0.25, 0.3) is 11.6 Å². The van der Waals surface area contributed by atoms with Gasteiger partial charge in [-0.3, -0.25) is 14.9 Å². The fraction of sp³-hybridized carbons (Fsp3) is 0.222. The maximum absolute atomic E-state index is 12.5. The van der Waals surface area contributed by atoms with E-state index in [1.54, 1.807) is 31.3 Å². The molecule has 2 aromatic heterocycles. The number of non-ortho nitro benzene ring substituents is 1. The molecule has 1 N–H and O–H groups in total. The minimum Gasteiger partial charge on any atom is -0.478 e. The number of nitro benzene ring substituents is 1. The van der Waals surface area contributed by atoms with Gasteiger partial charge in [-0.2, -0.15) is 0 Å². The van der Waals surface area contributed by atoms with Crippen LogP contribution in [-0.4, -0.2) is 37.4 Å². The maximum atomic E-state index is 12.5. The van der Waals surface area contributed by atoms with E-state index in [1.165, 1.54) is 16.8 Å². The largest absolute Gasteiger partial charge is 0.478 e. The van der Waals surface area contributed by atoms with Crippen LogP contribution in [0.15, 0.2) is 42.6 Å². The summed E-state index contributed by atoms with van der Waals surface area (Å²) >= 11 is 0. The Morgan fingerprint density at radius 1 is 1.32 bits per heavy atom. The standard InChI is InChI=1S/C18H18N6O4/c1-3-28-18-13(6-5-9-19-18)11-20-17(25)16-12(2)23(22-21-16)14-7-4-8-15(10-14)24(26)27/h4-10H,3,11H2,1-2H3,(H,20,25). The van der Waals surface area contributed by atoms with E-state index in [1.807, 2.05) is 13.0 Å². The third-order valence-corrected chi connectivity index (χ3v) is 3.97. The van der Waals surface area contributed by atoms with Crippen molar-refractivity contribution in [3.8, 4) is 11.6 Å². The zero-order chi connectivity index (χ0) is 20.1. The van der Waals surface area contributed by atoms with Gasteiger partial charge in [-0.1, -0.05) is 17.3 Å². The van der Waals surface area contributed by atoms with Crippen LogP contribution in [0.25, 0.3) is 5.69 Å². The highest BCUT2D eigenvalue weighted by Gasteiger charge is 2.19. The van der Waals surface area contributed by atoms with Gasteiger partial charge in [0.15, 0.2) is 5.69 Å². The first-order valence-electron chi connectivity index (χ1n) is 8.53. The minimum atomic E-state index is -0.493. The molecule has 3 rings (SSSR count). The number of nitro groups is 1. The van der Waals surface area contributed by atoms with Gasteiger partial charge < -0.3 is 10.1 Å². The Morgan fingerprint density at radius 2 is 2.14 bits per heavy atom. The molecule has 28 heavy (non-hydrogen) atoms. The van der Waals surface area contributed by atoms with Crippen molar-refractivity contribution in [1.29, 1.82) is 0 Å². The zero-order valence-electron chi connectivity index (χ0n) is 15.3. The minimum absolute atomic E-state index is 0.0709. The lowest BCUT2D eigenvalue weighted by Crippen LogP contribution is -2.24. The van der Waals surface area contributed by atoms with Gasteiger partial charge in [-0.15, -0.1) is 5.10 Å². The van der Waals surface area contributed by atoms with Crippen molar-refractivity contribution < 1.29 is 14.5 Å². The van der Waals surface area contributed by atoms with Gasteiger partial charge in [0.05, 0.1) is 22.9 Å². The van der Waals surface area contributed by atoms with Gasteiger partial charge in [0.1, 0.15) is 0 Å². The monoisotopic (exact) mass is 382 g/mol. The normalized spacial score (nSPS) is 10.5. The number of rotatable bonds is 7. The highest BCUT2D eigenvalue weighted by atomic mass is 16.6. The van der Waals surface area contributed by atoms with Gasteiger partial charge in [0, 0.05) is 30.4 Å². The molecule has 10 nitrogen and oxygen atoms in total. The molecule has 0 aliphatic heterocycles. The molecule has 0 radical (unpaired) electrons. The highest BCUT2D eigenvalue weighted by Crippen LogP contribution is 2.19. The zero-order valence-corrected chi connectivity index (χ0v) is 15.3. The van der Waals surface area contributed by atoms with E-state index in [9.17, 15) is 14.9 Å². The number of benzene rings is 1. The van der Waals surface area contributed by atoms with E-state index in [0.717, 1.165) is 5.56 Å². The molecule has 0 saturated carbocycles. The molecule has 0 unspecified atom stereocenters. The van der Waals surface area contributed by atoms with Crippen LogP contribution in [0.5, 0.6) is 5.88 Å². The van der Waals surface area contributed by atoms with Crippen LogP contribution < -0.4 is 10.1 Å². The van der Waals surface area contributed by atoms with Crippen molar-refractivity contribution in [3.63, 3.8) is 0 Å². The third-order valence-electron chi connectivity index (χ3n) is 3.97. The first-order valence-corrected chi connectivity index (χ1v) is 8.53. The van der Waals surface area contributed by atoms with Crippen molar-refractivity contribution in [3.05, 3.63) is 69.7 Å². The molecular weight excluding hydrogens is 364 g/mol. The van der Waals surface area contributed by atoms with Crippen LogP contribution in [0.2, 0.25) is 0 Å². The third kappa shape index (κ3) is 3.95. The molecule has 0 aliphatic rings. The number of amides is 1. The fourth-order valence-corrected chi connectivity index (χ4v) is 2.61. The lowest BCUT2D eigenvalue weighted by Gasteiger charge is -2.09. The van der Waals surface area contributed by atoms with Crippen LogP contribution in [0, 0.1) is 17.0 Å². The van der Waals surface area contributed by atoms with E-state index >= 15 is 0 Å². The van der Waals surface area contributed by atoms with Gasteiger partial charge >= 0.3 is 0 Å². The lowest BCUT2D eigenvalue weighted by molar-refractivity contribution is -0.384. The van der Waals surface area contributed by atoms with E-state index in [-0.39, 0.29) is 17.9 Å². The molecule has 1 aromatic carbocycles. The summed E-state index contributed by atoms with van der Waals surface area (Å²) in [6, 6.07) is 9.52. The van der Waals surface area contributed by atoms with Gasteiger partial charge in [-0.25, -0.2) is 9.67 Å². The molecule has 1 amide bonds. The Balaban J connectivity index is 1.78. The van der Waals surface area contributed by atoms with Crippen molar-refractivity contribution in [2.24, 2.45) is 0 Å². The molecule has 0 spiro atoms. The Kier molecular flexibility index (Phi) is 5.58. The Hall–Kier alpha value is -3.82. The number of hydrogen-bond acceptors (Lipinski definition) is 7. The molecule has 144 valence electrons. The molecule has 0 aliphatic carbocycles.